The molecule has 0 saturated carbocycles. The van der Waals surface area contributed by atoms with E-state index in [-0.39, 0.29) is 30.1 Å². The van der Waals surface area contributed by atoms with Gasteiger partial charge >= 0.3 is 12.0 Å². The van der Waals surface area contributed by atoms with Crippen molar-refractivity contribution in [3.63, 3.8) is 0 Å². The van der Waals surface area contributed by atoms with E-state index in [1.807, 2.05) is 6.07 Å². The third-order valence-corrected chi connectivity index (χ3v) is 6.64. The number of piperazine rings is 1. The number of ketones is 1. The second-order valence-corrected chi connectivity index (χ2v) is 9.18. The fraction of sp³-hybridized carbons (Fsp3) is 0.129. The Bertz CT molecular complexity index is 1670. The van der Waals surface area contributed by atoms with Gasteiger partial charge in [0.15, 0.2) is 0 Å². The summed E-state index contributed by atoms with van der Waals surface area (Å²) in [6.45, 7) is 1.11. The summed E-state index contributed by atoms with van der Waals surface area (Å²) in [4.78, 5) is 68.8. The minimum atomic E-state index is -1.12. The fourth-order valence-electron chi connectivity index (χ4n) is 4.60. The minimum Gasteiger partial charge on any atom is -0.478 e. The summed E-state index contributed by atoms with van der Waals surface area (Å²) < 4.78 is 0. The number of nitrogens with one attached hydrogen (secondary N) is 3. The van der Waals surface area contributed by atoms with Crippen molar-refractivity contribution >= 4 is 51.9 Å². The molecule has 2 heterocycles. The molecule has 0 radical (unpaired) electrons. The number of aromatic amines is 1. The predicted molar refractivity (Wildman–Crippen MR) is 157 cm³/mol. The van der Waals surface area contributed by atoms with E-state index in [0.29, 0.717) is 40.9 Å². The molecule has 0 atom stereocenters. The molecule has 42 heavy (non-hydrogen) atoms. The Morgan fingerprint density at radius 2 is 1.40 bits per heavy atom. The number of aromatic nitrogens is 1. The molecule has 1 aliphatic rings. The summed E-state index contributed by atoms with van der Waals surface area (Å²) in [5, 5.41) is 14.9. The number of aromatic carboxylic acids is 1. The third kappa shape index (κ3) is 6.29. The summed E-state index contributed by atoms with van der Waals surface area (Å²) in [5.41, 5.74) is 1.88. The van der Waals surface area contributed by atoms with Gasteiger partial charge < -0.3 is 30.5 Å². The number of H-pyrrole nitrogens is 1. The SMILES string of the molecule is C#C.O=C(Nc1cccc(C(=O)O)c1)Nc1cccc2c(C(=O)C(=O)N3CCN(C(=O)c4ccccc4)CC3)c[nH]c12. The smallest absolute Gasteiger partial charge is 0.335 e. The zero-order valence-electron chi connectivity index (χ0n) is 22.4. The maximum atomic E-state index is 13.2. The molecule has 212 valence electrons. The van der Waals surface area contributed by atoms with Crippen LogP contribution in [-0.2, 0) is 4.79 Å². The van der Waals surface area contributed by atoms with E-state index < -0.39 is 23.7 Å². The largest absolute Gasteiger partial charge is 0.478 e. The Kier molecular flexibility index (Phi) is 8.99. The zero-order valence-corrected chi connectivity index (χ0v) is 22.4. The number of carbonyl (C=O) groups excluding carboxylic acids is 4. The molecule has 1 aliphatic heterocycles. The molecule has 4 aromatic rings. The number of para-hydroxylation sites is 1. The number of rotatable bonds is 6. The first-order chi connectivity index (χ1) is 20.3. The van der Waals surface area contributed by atoms with Gasteiger partial charge in [-0.25, -0.2) is 9.59 Å². The van der Waals surface area contributed by atoms with Crippen molar-refractivity contribution in [1.29, 1.82) is 0 Å². The van der Waals surface area contributed by atoms with Gasteiger partial charge in [0.1, 0.15) is 0 Å². The Hall–Kier alpha value is -5.89. The van der Waals surface area contributed by atoms with E-state index in [1.54, 1.807) is 53.4 Å². The van der Waals surface area contributed by atoms with Crippen molar-refractivity contribution in [2.75, 3.05) is 36.8 Å². The minimum absolute atomic E-state index is 0.0290. The summed E-state index contributed by atoms with van der Waals surface area (Å²) in [6, 6.07) is 19.0. The molecule has 11 heteroatoms. The molecule has 1 aromatic heterocycles. The molecule has 4 N–H and O–H groups in total. The van der Waals surface area contributed by atoms with Crippen molar-refractivity contribution in [3.8, 4) is 12.8 Å². The highest BCUT2D eigenvalue weighted by Gasteiger charge is 2.30. The van der Waals surface area contributed by atoms with Crippen LogP contribution in [-0.4, -0.2) is 75.7 Å². The number of fused-ring (bicyclic) bond motifs is 1. The van der Waals surface area contributed by atoms with E-state index in [4.69, 9.17) is 5.11 Å². The van der Waals surface area contributed by atoms with Gasteiger partial charge in [-0.05, 0) is 36.4 Å². The van der Waals surface area contributed by atoms with E-state index in [9.17, 15) is 24.0 Å². The number of amides is 4. The average Bonchev–Trinajstić information content (AvgIpc) is 3.47. The lowest BCUT2D eigenvalue weighted by molar-refractivity contribution is -0.127. The molecule has 1 saturated heterocycles. The number of benzene rings is 3. The van der Waals surface area contributed by atoms with Crippen LogP contribution >= 0.6 is 0 Å². The van der Waals surface area contributed by atoms with Crippen LogP contribution < -0.4 is 10.6 Å². The van der Waals surface area contributed by atoms with Gasteiger partial charge in [0.25, 0.3) is 17.6 Å². The van der Waals surface area contributed by atoms with Gasteiger partial charge in [0, 0.05) is 49.0 Å². The van der Waals surface area contributed by atoms with Crippen molar-refractivity contribution in [2.45, 2.75) is 0 Å². The number of Topliss-reactive ketones (excluding diaryl/α,β-unsaturated/α-hetero) is 1. The molecule has 3 aromatic carbocycles. The standard InChI is InChI=1S/C29H25N5O6.C2H2/c35-25(27(37)34-14-12-33(13-15-34)26(36)18-6-2-1-3-7-18)22-17-30-24-21(22)10-5-11-23(24)32-29(40)31-20-9-4-8-19(16-20)28(38)39;1-2/h1-11,16-17,30H,12-15H2,(H,38,39)(H2,31,32,40);1-2H. The first kappa shape index (κ1) is 29.1. The molecule has 0 spiro atoms. The van der Waals surface area contributed by atoms with Crippen LogP contribution in [0.4, 0.5) is 16.2 Å². The fourth-order valence-corrected chi connectivity index (χ4v) is 4.60. The maximum Gasteiger partial charge on any atom is 0.335 e. The number of nitrogens with zero attached hydrogens (tertiary/aromatic N) is 2. The first-order valence-electron chi connectivity index (χ1n) is 12.8. The van der Waals surface area contributed by atoms with Gasteiger partial charge in [-0.1, -0.05) is 36.4 Å². The maximum absolute atomic E-state index is 13.2. The lowest BCUT2D eigenvalue weighted by atomic mass is 10.1. The molecule has 1 fully saturated rings. The number of urea groups is 1. The van der Waals surface area contributed by atoms with Crippen LogP contribution in [0, 0.1) is 12.8 Å². The molecular formula is C31H27N5O6. The third-order valence-electron chi connectivity index (χ3n) is 6.64. The number of carboxylic acid groups (broad SMARTS) is 1. The number of hydrogen-bond acceptors (Lipinski definition) is 5. The lowest BCUT2D eigenvalue weighted by Crippen LogP contribution is -2.52. The van der Waals surface area contributed by atoms with E-state index >= 15 is 0 Å². The predicted octanol–water partition coefficient (Wildman–Crippen LogP) is 3.93. The van der Waals surface area contributed by atoms with Crippen LogP contribution in [0.3, 0.4) is 0 Å². The monoisotopic (exact) mass is 565 g/mol. The van der Waals surface area contributed by atoms with Crippen LogP contribution in [0.15, 0.2) is 79.0 Å². The van der Waals surface area contributed by atoms with Gasteiger partial charge in [0.2, 0.25) is 0 Å². The lowest BCUT2D eigenvalue weighted by Gasteiger charge is -2.34. The Labute approximate surface area is 241 Å². The molecule has 0 bridgehead atoms. The highest BCUT2D eigenvalue weighted by atomic mass is 16.4. The number of terminal acetylenes is 1. The Morgan fingerprint density at radius 1 is 0.762 bits per heavy atom. The molecule has 5 rings (SSSR count). The second-order valence-electron chi connectivity index (χ2n) is 9.18. The van der Waals surface area contributed by atoms with Gasteiger partial charge in [-0.2, -0.15) is 0 Å². The van der Waals surface area contributed by atoms with Crippen molar-refractivity contribution in [1.82, 2.24) is 14.8 Å². The Morgan fingerprint density at radius 3 is 2.10 bits per heavy atom. The van der Waals surface area contributed by atoms with Crippen LogP contribution in [0.1, 0.15) is 31.1 Å². The highest BCUT2D eigenvalue weighted by Crippen LogP contribution is 2.27. The molecule has 0 aliphatic carbocycles. The van der Waals surface area contributed by atoms with E-state index in [0.717, 1.165) is 0 Å². The molecule has 4 amide bonds. The average molecular weight is 566 g/mol. The Balaban J connectivity index is 0.00000198. The normalized spacial score (nSPS) is 12.5. The van der Waals surface area contributed by atoms with Crippen LogP contribution in [0.5, 0.6) is 0 Å². The van der Waals surface area contributed by atoms with Crippen LogP contribution in [0.25, 0.3) is 10.9 Å². The van der Waals surface area contributed by atoms with Gasteiger partial charge in [-0.3, -0.25) is 14.4 Å². The highest BCUT2D eigenvalue weighted by molar-refractivity contribution is 6.45. The number of anilines is 2. The van der Waals surface area contributed by atoms with Gasteiger partial charge in [0.05, 0.1) is 22.3 Å². The number of carbonyl (C=O) groups is 5. The van der Waals surface area contributed by atoms with E-state index in [1.165, 1.54) is 29.3 Å². The number of hydrogen-bond donors (Lipinski definition) is 4. The van der Waals surface area contributed by atoms with Crippen molar-refractivity contribution in [3.05, 3.63) is 95.7 Å². The summed E-state index contributed by atoms with van der Waals surface area (Å²) in [6.07, 6.45) is 9.43. The topological polar surface area (TPSA) is 152 Å². The van der Waals surface area contributed by atoms with Crippen molar-refractivity contribution in [2.24, 2.45) is 0 Å². The first-order valence-corrected chi connectivity index (χ1v) is 12.8. The van der Waals surface area contributed by atoms with E-state index in [2.05, 4.69) is 28.5 Å². The summed E-state index contributed by atoms with van der Waals surface area (Å²) in [5.74, 6) is -2.59. The van der Waals surface area contributed by atoms with Crippen molar-refractivity contribution < 1.29 is 29.1 Å². The zero-order chi connectivity index (χ0) is 30.2. The van der Waals surface area contributed by atoms with Crippen LogP contribution in [0.2, 0.25) is 0 Å². The quantitative estimate of drug-likeness (QED) is 0.158. The molecule has 11 nitrogen and oxygen atoms in total. The number of carboxylic acids is 1. The second kappa shape index (κ2) is 13.0. The molecule has 0 unspecified atom stereocenters. The van der Waals surface area contributed by atoms with Gasteiger partial charge in [-0.15, -0.1) is 12.8 Å². The molecular weight excluding hydrogens is 538 g/mol. The summed E-state index contributed by atoms with van der Waals surface area (Å²) >= 11 is 0. The summed E-state index contributed by atoms with van der Waals surface area (Å²) in [7, 11) is 0.